The van der Waals surface area contributed by atoms with Crippen molar-refractivity contribution in [2.45, 2.75) is 13.2 Å². The zero-order chi connectivity index (χ0) is 21.5. The van der Waals surface area contributed by atoms with Crippen molar-refractivity contribution in [2.24, 2.45) is 0 Å². The number of amides is 1. The van der Waals surface area contributed by atoms with Crippen LogP contribution in [0.15, 0.2) is 72.9 Å². The highest BCUT2D eigenvalue weighted by Gasteiger charge is 2.15. The third kappa shape index (κ3) is 5.83. The molecular weight excluding hydrogens is 388 g/mol. The maximum Gasteiger partial charge on any atom is 0.251 e. The van der Waals surface area contributed by atoms with Gasteiger partial charge in [0.05, 0.1) is 0 Å². The first kappa shape index (κ1) is 20.9. The number of carbonyl (C=O) groups is 1. The van der Waals surface area contributed by atoms with Gasteiger partial charge in [0, 0.05) is 44.5 Å². The molecule has 1 amide bonds. The van der Waals surface area contributed by atoms with Crippen LogP contribution in [0.4, 0.5) is 5.82 Å². The van der Waals surface area contributed by atoms with Gasteiger partial charge in [-0.2, -0.15) is 0 Å². The van der Waals surface area contributed by atoms with Crippen molar-refractivity contribution in [3.63, 3.8) is 0 Å². The van der Waals surface area contributed by atoms with Gasteiger partial charge in [0.1, 0.15) is 18.2 Å². The number of ether oxygens (including phenoxy) is 1. The lowest BCUT2D eigenvalue weighted by Gasteiger charge is -2.33. The zero-order valence-corrected chi connectivity index (χ0v) is 17.8. The van der Waals surface area contributed by atoms with E-state index in [0.29, 0.717) is 18.7 Å². The number of nitrogens with zero attached hydrogens (tertiary/aromatic N) is 3. The highest BCUT2D eigenvalue weighted by molar-refractivity contribution is 5.94. The second kappa shape index (κ2) is 10.1. The molecule has 4 rings (SSSR count). The number of likely N-dealkylation sites (N-methyl/N-ethyl adjacent to an activating group) is 1. The van der Waals surface area contributed by atoms with Crippen molar-refractivity contribution in [3.8, 4) is 5.75 Å². The van der Waals surface area contributed by atoms with Crippen LogP contribution >= 0.6 is 0 Å². The Kier molecular flexibility index (Phi) is 6.79. The van der Waals surface area contributed by atoms with E-state index in [4.69, 9.17) is 4.74 Å². The Labute approximate surface area is 183 Å². The van der Waals surface area contributed by atoms with E-state index in [1.807, 2.05) is 72.9 Å². The van der Waals surface area contributed by atoms with Gasteiger partial charge in [-0.3, -0.25) is 4.79 Å². The number of nitrogens with one attached hydrogen (secondary N) is 1. The number of piperazine rings is 1. The van der Waals surface area contributed by atoms with Crippen LogP contribution in [0, 0.1) is 0 Å². The van der Waals surface area contributed by atoms with Crippen LogP contribution in [0.5, 0.6) is 5.75 Å². The smallest absolute Gasteiger partial charge is 0.251 e. The van der Waals surface area contributed by atoms with Gasteiger partial charge in [0.25, 0.3) is 5.91 Å². The number of hydrogen-bond acceptors (Lipinski definition) is 5. The van der Waals surface area contributed by atoms with Gasteiger partial charge < -0.3 is 19.9 Å². The van der Waals surface area contributed by atoms with E-state index in [2.05, 4.69) is 27.1 Å². The van der Waals surface area contributed by atoms with Crippen molar-refractivity contribution in [1.29, 1.82) is 0 Å². The Morgan fingerprint density at radius 3 is 2.32 bits per heavy atom. The van der Waals surface area contributed by atoms with E-state index >= 15 is 0 Å². The Balaban J connectivity index is 1.25. The second-order valence-corrected chi connectivity index (χ2v) is 7.80. The summed E-state index contributed by atoms with van der Waals surface area (Å²) < 4.78 is 5.74. The van der Waals surface area contributed by atoms with Gasteiger partial charge in [-0.15, -0.1) is 0 Å². The first-order chi connectivity index (χ1) is 15.2. The molecule has 3 aromatic rings. The molecule has 0 bridgehead atoms. The molecule has 1 aliphatic heterocycles. The average molecular weight is 417 g/mol. The zero-order valence-electron chi connectivity index (χ0n) is 17.8. The molecule has 2 aromatic carbocycles. The molecule has 6 heteroatoms. The topological polar surface area (TPSA) is 57.7 Å². The molecule has 1 aliphatic rings. The maximum atomic E-state index is 12.5. The summed E-state index contributed by atoms with van der Waals surface area (Å²) in [5, 5.41) is 2.97. The quantitative estimate of drug-likeness (QED) is 0.640. The lowest BCUT2D eigenvalue weighted by atomic mass is 10.1. The Hall–Kier alpha value is -3.38. The van der Waals surface area contributed by atoms with Crippen molar-refractivity contribution in [2.75, 3.05) is 38.1 Å². The number of carbonyl (C=O) groups excluding carboxylic acids is 1. The molecule has 1 fully saturated rings. The molecular formula is C25H28N4O2. The lowest BCUT2D eigenvalue weighted by molar-refractivity contribution is 0.0951. The van der Waals surface area contributed by atoms with Crippen LogP contribution in [0.1, 0.15) is 21.5 Å². The monoisotopic (exact) mass is 416 g/mol. The molecule has 0 atom stereocenters. The standard InChI is InChI=1S/C25H28N4O2/c1-28-13-15-29(16-14-28)24-12-9-21(17-26-24)18-27-25(30)22-10-7-20(8-11-22)19-31-23-5-3-2-4-6-23/h2-12,17H,13-16,18-19H2,1H3,(H,27,30). The largest absolute Gasteiger partial charge is 0.489 e. The number of rotatable bonds is 7. The summed E-state index contributed by atoms with van der Waals surface area (Å²) in [6.45, 7) is 5.01. The fraction of sp³-hybridized carbons (Fsp3) is 0.280. The minimum atomic E-state index is -0.0985. The fourth-order valence-electron chi connectivity index (χ4n) is 3.46. The van der Waals surface area contributed by atoms with Gasteiger partial charge >= 0.3 is 0 Å². The number of anilines is 1. The SMILES string of the molecule is CN1CCN(c2ccc(CNC(=O)c3ccc(COc4ccccc4)cc3)cn2)CC1. The molecule has 0 spiro atoms. The van der Waals surface area contributed by atoms with Crippen molar-refractivity contribution in [1.82, 2.24) is 15.2 Å². The van der Waals surface area contributed by atoms with E-state index in [-0.39, 0.29) is 5.91 Å². The van der Waals surface area contributed by atoms with Crippen LogP contribution in [-0.2, 0) is 13.2 Å². The van der Waals surface area contributed by atoms with Gasteiger partial charge in [0.15, 0.2) is 0 Å². The molecule has 1 aromatic heterocycles. The predicted molar refractivity (Wildman–Crippen MR) is 122 cm³/mol. The molecule has 0 saturated carbocycles. The summed E-state index contributed by atoms with van der Waals surface area (Å²) in [7, 11) is 2.14. The molecule has 2 heterocycles. The number of pyridine rings is 1. The third-order valence-corrected chi connectivity index (χ3v) is 5.45. The minimum absolute atomic E-state index is 0.0985. The normalized spacial score (nSPS) is 14.3. The van der Waals surface area contributed by atoms with Gasteiger partial charge in [-0.1, -0.05) is 36.4 Å². The Morgan fingerprint density at radius 1 is 0.935 bits per heavy atom. The maximum absolute atomic E-state index is 12.5. The van der Waals surface area contributed by atoms with E-state index in [1.54, 1.807) is 0 Å². The Morgan fingerprint density at radius 2 is 1.65 bits per heavy atom. The molecule has 1 saturated heterocycles. The van der Waals surface area contributed by atoms with Gasteiger partial charge in [-0.05, 0) is 48.5 Å². The van der Waals surface area contributed by atoms with Crippen molar-refractivity contribution < 1.29 is 9.53 Å². The molecule has 0 aliphatic carbocycles. The van der Waals surface area contributed by atoms with E-state index in [9.17, 15) is 4.79 Å². The molecule has 1 N–H and O–H groups in total. The molecule has 31 heavy (non-hydrogen) atoms. The molecule has 6 nitrogen and oxygen atoms in total. The summed E-state index contributed by atoms with van der Waals surface area (Å²) in [5.41, 5.74) is 2.63. The number of benzene rings is 2. The first-order valence-corrected chi connectivity index (χ1v) is 10.6. The van der Waals surface area contributed by atoms with Crippen molar-refractivity contribution >= 4 is 11.7 Å². The molecule has 0 unspecified atom stereocenters. The number of aromatic nitrogens is 1. The summed E-state index contributed by atoms with van der Waals surface area (Å²) in [4.78, 5) is 21.7. The predicted octanol–water partition coefficient (Wildman–Crippen LogP) is 3.34. The summed E-state index contributed by atoms with van der Waals surface area (Å²) in [6, 6.07) is 21.3. The Bertz CT molecular complexity index is 967. The summed E-state index contributed by atoms with van der Waals surface area (Å²) in [5.74, 6) is 1.73. The van der Waals surface area contributed by atoms with Crippen LogP contribution in [-0.4, -0.2) is 49.0 Å². The minimum Gasteiger partial charge on any atom is -0.489 e. The lowest BCUT2D eigenvalue weighted by Crippen LogP contribution is -2.44. The van der Waals surface area contributed by atoms with Gasteiger partial charge in [-0.25, -0.2) is 4.98 Å². The first-order valence-electron chi connectivity index (χ1n) is 10.6. The van der Waals surface area contributed by atoms with E-state index in [1.165, 1.54) is 0 Å². The van der Waals surface area contributed by atoms with Crippen LogP contribution in [0.25, 0.3) is 0 Å². The third-order valence-electron chi connectivity index (χ3n) is 5.45. The van der Waals surface area contributed by atoms with E-state index in [0.717, 1.165) is 48.9 Å². The van der Waals surface area contributed by atoms with Crippen LogP contribution < -0.4 is 15.0 Å². The average Bonchev–Trinajstić information content (AvgIpc) is 2.83. The molecule has 0 radical (unpaired) electrons. The van der Waals surface area contributed by atoms with Crippen LogP contribution in [0.3, 0.4) is 0 Å². The van der Waals surface area contributed by atoms with E-state index < -0.39 is 0 Å². The van der Waals surface area contributed by atoms with Crippen LogP contribution in [0.2, 0.25) is 0 Å². The fourth-order valence-corrected chi connectivity index (χ4v) is 3.46. The van der Waals surface area contributed by atoms with Gasteiger partial charge in [0.2, 0.25) is 0 Å². The summed E-state index contributed by atoms with van der Waals surface area (Å²) in [6.07, 6.45) is 1.85. The van der Waals surface area contributed by atoms with Crippen molar-refractivity contribution in [3.05, 3.63) is 89.6 Å². The second-order valence-electron chi connectivity index (χ2n) is 7.80. The number of hydrogen-bond donors (Lipinski definition) is 1. The highest BCUT2D eigenvalue weighted by Crippen LogP contribution is 2.14. The highest BCUT2D eigenvalue weighted by atomic mass is 16.5. The molecule has 160 valence electrons. The summed E-state index contributed by atoms with van der Waals surface area (Å²) >= 11 is 0. The number of para-hydroxylation sites is 1.